The van der Waals surface area contributed by atoms with Gasteiger partial charge in [-0.3, -0.25) is 4.79 Å². The maximum Gasteiger partial charge on any atom is 0.301 e. The van der Waals surface area contributed by atoms with Crippen LogP contribution in [0.1, 0.15) is 54.4 Å². The van der Waals surface area contributed by atoms with E-state index in [1.54, 1.807) is 18.2 Å². The smallest absolute Gasteiger partial charge is 0.301 e. The number of nitrogens with one attached hydrogen (secondary N) is 2. The van der Waals surface area contributed by atoms with Crippen LogP contribution in [0.2, 0.25) is 5.02 Å². The summed E-state index contributed by atoms with van der Waals surface area (Å²) in [6, 6.07) is 20.9. The van der Waals surface area contributed by atoms with Crippen molar-refractivity contribution in [2.75, 3.05) is 6.54 Å². The van der Waals surface area contributed by atoms with Gasteiger partial charge in [0.1, 0.15) is 5.82 Å². The van der Waals surface area contributed by atoms with Crippen molar-refractivity contribution in [1.29, 1.82) is 0 Å². The van der Waals surface area contributed by atoms with Crippen molar-refractivity contribution in [2.45, 2.75) is 46.1 Å². The van der Waals surface area contributed by atoms with E-state index in [0.29, 0.717) is 17.1 Å². The van der Waals surface area contributed by atoms with E-state index in [0.717, 1.165) is 53.7 Å². The van der Waals surface area contributed by atoms with Gasteiger partial charge in [0.25, 0.3) is 5.91 Å². The van der Waals surface area contributed by atoms with Gasteiger partial charge in [-0.05, 0) is 54.3 Å². The molecule has 9 heteroatoms. The van der Waals surface area contributed by atoms with Gasteiger partial charge < -0.3 is 4.57 Å². The monoisotopic (exact) mass is 538 g/mol. The van der Waals surface area contributed by atoms with Gasteiger partial charge in [0, 0.05) is 17.1 Å². The molecule has 0 aliphatic rings. The Morgan fingerprint density at radius 2 is 1.76 bits per heavy atom. The number of fused-ring (bicyclic) bond motifs is 1. The molecule has 7 nitrogen and oxygen atoms in total. The highest BCUT2D eigenvalue weighted by atomic mass is 35.5. The third-order valence-electron chi connectivity index (χ3n) is 6.24. The molecule has 194 valence electrons. The topological polar surface area (TPSA) is 93.1 Å². The van der Waals surface area contributed by atoms with Crippen molar-refractivity contribution in [1.82, 2.24) is 19.0 Å². The highest BCUT2D eigenvalue weighted by Crippen LogP contribution is 2.28. The SMILES string of the molecule is CCCCCCNS(=O)(=O)NC(=O)c1ccc2nc(C)n(Cc3ccc(-c4ccccc4)cc3Cl)c2c1. The van der Waals surface area contributed by atoms with Crippen LogP contribution in [0.4, 0.5) is 0 Å². The molecule has 0 aliphatic carbocycles. The van der Waals surface area contributed by atoms with E-state index >= 15 is 0 Å². The predicted molar refractivity (Wildman–Crippen MR) is 149 cm³/mol. The molecule has 0 aliphatic heterocycles. The number of carbonyl (C=O) groups is 1. The lowest BCUT2D eigenvalue weighted by Crippen LogP contribution is -2.40. The number of nitrogens with zero attached hydrogens (tertiary/aromatic N) is 2. The highest BCUT2D eigenvalue weighted by molar-refractivity contribution is 7.88. The Morgan fingerprint density at radius 1 is 0.973 bits per heavy atom. The summed E-state index contributed by atoms with van der Waals surface area (Å²) in [5.41, 5.74) is 4.69. The third kappa shape index (κ3) is 6.77. The first-order valence-corrected chi connectivity index (χ1v) is 14.3. The molecule has 0 saturated carbocycles. The molecule has 4 rings (SSSR count). The van der Waals surface area contributed by atoms with Gasteiger partial charge in [0.15, 0.2) is 0 Å². The lowest BCUT2D eigenvalue weighted by atomic mass is 10.0. The molecular weight excluding hydrogens is 508 g/mol. The molecule has 2 N–H and O–H groups in total. The van der Waals surface area contributed by atoms with E-state index in [-0.39, 0.29) is 12.1 Å². The standard InChI is InChI=1S/C28H31ClN4O3S/c1-3-4-5-9-16-30-37(35,36)32-28(34)23-14-15-26-27(18-23)33(20(2)31-26)19-24-13-12-22(17-25(24)29)21-10-7-6-8-11-21/h6-8,10-15,17-18,30H,3-5,9,16,19H2,1-2H3,(H,32,34). The molecule has 0 fully saturated rings. The molecule has 1 amide bonds. The van der Waals surface area contributed by atoms with Gasteiger partial charge in [-0.1, -0.05) is 80.3 Å². The largest absolute Gasteiger partial charge is 0.324 e. The molecule has 3 aromatic carbocycles. The molecule has 0 radical (unpaired) electrons. The van der Waals surface area contributed by atoms with Crippen LogP contribution in [-0.2, 0) is 16.8 Å². The summed E-state index contributed by atoms with van der Waals surface area (Å²) in [5, 5.41) is 0.632. The summed E-state index contributed by atoms with van der Waals surface area (Å²) in [7, 11) is -3.94. The summed E-state index contributed by atoms with van der Waals surface area (Å²) in [5.74, 6) is 0.0655. The minimum absolute atomic E-state index is 0.232. The molecule has 0 bridgehead atoms. The number of amides is 1. The maximum absolute atomic E-state index is 12.8. The third-order valence-corrected chi connectivity index (χ3v) is 7.63. The number of aryl methyl sites for hydroxylation is 1. The van der Waals surface area contributed by atoms with Crippen molar-refractivity contribution in [3.8, 4) is 11.1 Å². The van der Waals surface area contributed by atoms with E-state index < -0.39 is 16.1 Å². The first-order chi connectivity index (χ1) is 17.8. The molecule has 0 atom stereocenters. The minimum atomic E-state index is -3.94. The van der Waals surface area contributed by atoms with E-state index in [1.165, 1.54) is 0 Å². The number of hydrogen-bond donors (Lipinski definition) is 2. The van der Waals surface area contributed by atoms with Crippen LogP contribution in [0.3, 0.4) is 0 Å². The van der Waals surface area contributed by atoms with E-state index in [4.69, 9.17) is 11.6 Å². The van der Waals surface area contributed by atoms with Crippen LogP contribution < -0.4 is 9.44 Å². The van der Waals surface area contributed by atoms with E-state index in [2.05, 4.69) is 21.4 Å². The number of unbranched alkanes of at least 4 members (excludes halogenated alkanes) is 3. The summed E-state index contributed by atoms with van der Waals surface area (Å²) in [6.45, 7) is 4.72. The summed E-state index contributed by atoms with van der Waals surface area (Å²) >= 11 is 6.65. The van der Waals surface area contributed by atoms with Crippen LogP contribution >= 0.6 is 11.6 Å². The molecule has 0 unspecified atom stereocenters. The number of benzene rings is 3. The quantitative estimate of drug-likeness (QED) is 0.234. The average molecular weight is 539 g/mol. The van der Waals surface area contributed by atoms with Gasteiger partial charge >= 0.3 is 10.2 Å². The summed E-state index contributed by atoms with van der Waals surface area (Å²) in [6.07, 6.45) is 3.77. The Bertz CT molecular complexity index is 1500. The highest BCUT2D eigenvalue weighted by Gasteiger charge is 2.18. The lowest BCUT2D eigenvalue weighted by molar-refractivity contribution is 0.0981. The number of rotatable bonds is 11. The number of imidazole rings is 1. The van der Waals surface area contributed by atoms with Gasteiger partial charge in [-0.2, -0.15) is 13.1 Å². The lowest BCUT2D eigenvalue weighted by Gasteiger charge is -2.12. The Morgan fingerprint density at radius 3 is 2.49 bits per heavy atom. The minimum Gasteiger partial charge on any atom is -0.324 e. The van der Waals surface area contributed by atoms with Crippen LogP contribution in [0.5, 0.6) is 0 Å². The molecule has 0 spiro atoms. The molecule has 37 heavy (non-hydrogen) atoms. The first-order valence-electron chi connectivity index (χ1n) is 12.4. The molecule has 1 aromatic heterocycles. The van der Waals surface area contributed by atoms with E-state index in [1.807, 2.05) is 60.0 Å². The molecule has 0 saturated heterocycles. The zero-order valence-electron chi connectivity index (χ0n) is 21.0. The maximum atomic E-state index is 12.8. The molecular formula is C28H31ClN4O3S. The normalized spacial score (nSPS) is 11.6. The Kier molecular flexibility index (Phi) is 8.63. The number of halogens is 1. The Hall–Kier alpha value is -3.20. The van der Waals surface area contributed by atoms with Crippen LogP contribution in [0, 0.1) is 6.92 Å². The molecule has 4 aromatic rings. The Labute approximate surface area is 223 Å². The zero-order valence-corrected chi connectivity index (χ0v) is 22.6. The van der Waals surface area contributed by atoms with E-state index in [9.17, 15) is 13.2 Å². The van der Waals surface area contributed by atoms with Crippen molar-refractivity contribution >= 4 is 38.8 Å². The van der Waals surface area contributed by atoms with Crippen molar-refractivity contribution in [3.05, 3.63) is 88.7 Å². The van der Waals surface area contributed by atoms with Crippen LogP contribution in [-0.4, -0.2) is 30.4 Å². The fraction of sp³-hybridized carbons (Fsp3) is 0.286. The molecule has 1 heterocycles. The van der Waals surface area contributed by atoms with Crippen LogP contribution in [0.25, 0.3) is 22.2 Å². The summed E-state index contributed by atoms with van der Waals surface area (Å²) < 4.78 is 31.1. The second-order valence-corrected chi connectivity index (χ2v) is 10.9. The van der Waals surface area contributed by atoms with Crippen molar-refractivity contribution in [3.63, 3.8) is 0 Å². The Balaban J connectivity index is 1.52. The predicted octanol–water partition coefficient (Wildman–Crippen LogP) is 5.86. The first kappa shape index (κ1) is 26.9. The van der Waals surface area contributed by atoms with Crippen molar-refractivity contribution in [2.24, 2.45) is 0 Å². The fourth-order valence-corrected chi connectivity index (χ4v) is 5.30. The van der Waals surface area contributed by atoms with Gasteiger partial charge in [0.05, 0.1) is 17.6 Å². The van der Waals surface area contributed by atoms with Crippen LogP contribution in [0.15, 0.2) is 66.7 Å². The average Bonchev–Trinajstić information content (AvgIpc) is 3.19. The fourth-order valence-electron chi connectivity index (χ4n) is 4.22. The van der Waals surface area contributed by atoms with Gasteiger partial charge in [0.2, 0.25) is 0 Å². The van der Waals surface area contributed by atoms with Gasteiger partial charge in [-0.15, -0.1) is 0 Å². The number of hydrogen-bond acceptors (Lipinski definition) is 4. The number of carbonyl (C=O) groups excluding carboxylic acids is 1. The second-order valence-electron chi connectivity index (χ2n) is 9.01. The van der Waals surface area contributed by atoms with Gasteiger partial charge in [-0.25, -0.2) is 9.71 Å². The van der Waals surface area contributed by atoms with Crippen molar-refractivity contribution < 1.29 is 13.2 Å². The summed E-state index contributed by atoms with van der Waals surface area (Å²) in [4.78, 5) is 17.4. The number of aromatic nitrogens is 2. The zero-order chi connectivity index (χ0) is 26.4. The second kappa shape index (κ2) is 11.9.